The third-order valence-corrected chi connectivity index (χ3v) is 10.0. The number of allylic oxidation sites excluding steroid dienone is 5. The predicted molar refractivity (Wildman–Crippen MR) is 163 cm³/mol. The van der Waals surface area contributed by atoms with E-state index in [1.54, 1.807) is 12.1 Å². The molecule has 3 amide bonds. The van der Waals surface area contributed by atoms with Crippen molar-refractivity contribution in [3.8, 4) is 17.2 Å². The van der Waals surface area contributed by atoms with Crippen molar-refractivity contribution >= 4 is 23.7 Å². The molecule has 6 aliphatic rings. The van der Waals surface area contributed by atoms with Crippen molar-refractivity contribution < 1.29 is 48.0 Å². The number of fused-ring (bicyclic) bond motifs is 3. The Morgan fingerprint density at radius 3 is 2.17 bits per heavy atom. The van der Waals surface area contributed by atoms with E-state index in [1.807, 2.05) is 18.2 Å². The lowest BCUT2D eigenvalue weighted by molar-refractivity contribution is -0.143. The Labute approximate surface area is 271 Å². The van der Waals surface area contributed by atoms with Gasteiger partial charge < -0.3 is 39.4 Å². The Hall–Kier alpha value is -4.94. The normalized spacial score (nSPS) is 29.1. The standard InChI is InChI=1S/C34H37N3O10/c1-43-25-11-17(12-26(44-2)33(25)41)30-20-13-23-24(47-16-46-23)14-21(20)32(22-15-45-34(42)31(22)30)36-19-5-3-18(4-6-19)35-27(38)9-10-37-28(39)7-8-29(37)40/h3,5,11-14,20-22,30-32,36,41H,4,6-10,15-16H2,1-2H3,(H,35,38)/t20?,21?,22-,30?,31-,32+/m0/s1. The molecule has 248 valence electrons. The second-order valence-electron chi connectivity index (χ2n) is 12.5. The summed E-state index contributed by atoms with van der Waals surface area (Å²) in [6, 6.07) is 3.32. The van der Waals surface area contributed by atoms with E-state index in [9.17, 15) is 24.3 Å². The third-order valence-electron chi connectivity index (χ3n) is 10.0. The minimum Gasteiger partial charge on any atom is -0.502 e. The number of amides is 3. The van der Waals surface area contributed by atoms with Crippen LogP contribution in [-0.4, -0.2) is 73.9 Å². The van der Waals surface area contributed by atoms with Crippen molar-refractivity contribution in [1.82, 2.24) is 15.5 Å². The van der Waals surface area contributed by atoms with Gasteiger partial charge in [-0.1, -0.05) is 0 Å². The second kappa shape index (κ2) is 12.3. The summed E-state index contributed by atoms with van der Waals surface area (Å²) >= 11 is 0. The molecular weight excluding hydrogens is 610 g/mol. The molecule has 6 atom stereocenters. The largest absolute Gasteiger partial charge is 0.502 e. The summed E-state index contributed by atoms with van der Waals surface area (Å²) in [4.78, 5) is 50.9. The Bertz CT molecular complexity index is 1600. The Kier molecular flexibility index (Phi) is 8.06. The van der Waals surface area contributed by atoms with Gasteiger partial charge in [-0.3, -0.25) is 24.1 Å². The lowest BCUT2D eigenvalue weighted by Crippen LogP contribution is -2.54. The highest BCUT2D eigenvalue weighted by molar-refractivity contribution is 6.02. The van der Waals surface area contributed by atoms with Crippen molar-refractivity contribution in [1.29, 1.82) is 0 Å². The number of nitrogens with one attached hydrogen (secondary N) is 2. The summed E-state index contributed by atoms with van der Waals surface area (Å²) in [5.74, 6) is -0.627. The van der Waals surface area contributed by atoms with E-state index < -0.39 is 5.92 Å². The highest BCUT2D eigenvalue weighted by Crippen LogP contribution is 2.56. The van der Waals surface area contributed by atoms with Crippen molar-refractivity contribution in [2.75, 3.05) is 34.2 Å². The van der Waals surface area contributed by atoms with E-state index in [-0.39, 0.29) is 110 Å². The molecule has 1 saturated carbocycles. The first kappa shape index (κ1) is 30.7. The lowest BCUT2D eigenvalue weighted by atomic mass is 9.57. The molecular formula is C34H37N3O10. The van der Waals surface area contributed by atoms with Gasteiger partial charge in [0.2, 0.25) is 30.3 Å². The number of imide groups is 1. The van der Waals surface area contributed by atoms with Crippen LogP contribution in [0.3, 0.4) is 0 Å². The molecule has 47 heavy (non-hydrogen) atoms. The number of benzene rings is 1. The average Bonchev–Trinajstić information content (AvgIpc) is 3.78. The number of phenolic OH excluding ortho intramolecular Hbond substituents is 1. The highest BCUT2D eigenvalue weighted by atomic mass is 16.7. The Morgan fingerprint density at radius 1 is 0.894 bits per heavy atom. The summed E-state index contributed by atoms with van der Waals surface area (Å²) < 4.78 is 28.2. The molecule has 4 fully saturated rings. The molecule has 3 aliphatic heterocycles. The van der Waals surface area contributed by atoms with Gasteiger partial charge in [0.05, 0.1) is 26.7 Å². The fraction of sp³-hybridized carbons (Fsp3) is 0.471. The molecule has 0 bridgehead atoms. The number of rotatable bonds is 9. The van der Waals surface area contributed by atoms with Gasteiger partial charge in [-0.05, 0) is 60.8 Å². The molecule has 3 heterocycles. The van der Waals surface area contributed by atoms with Crippen molar-refractivity contribution in [3.63, 3.8) is 0 Å². The average molecular weight is 648 g/mol. The topological polar surface area (TPSA) is 162 Å². The third kappa shape index (κ3) is 5.57. The van der Waals surface area contributed by atoms with Crippen LogP contribution < -0.4 is 20.1 Å². The smallest absolute Gasteiger partial charge is 0.310 e. The lowest BCUT2D eigenvalue weighted by Gasteiger charge is -2.48. The molecule has 0 spiro atoms. The van der Waals surface area contributed by atoms with Crippen molar-refractivity contribution in [2.24, 2.45) is 23.7 Å². The first-order valence-corrected chi connectivity index (χ1v) is 15.9. The van der Waals surface area contributed by atoms with Crippen LogP contribution in [0.4, 0.5) is 0 Å². The van der Waals surface area contributed by atoms with Crippen LogP contribution in [0.25, 0.3) is 0 Å². The highest BCUT2D eigenvalue weighted by Gasteiger charge is 2.58. The molecule has 3 unspecified atom stereocenters. The first-order chi connectivity index (χ1) is 22.7. The van der Waals surface area contributed by atoms with Gasteiger partial charge in [0.15, 0.2) is 23.0 Å². The van der Waals surface area contributed by atoms with E-state index in [2.05, 4.69) is 16.7 Å². The molecule has 0 radical (unpaired) electrons. The maximum Gasteiger partial charge on any atom is 0.310 e. The summed E-state index contributed by atoms with van der Waals surface area (Å²) in [6.45, 7) is 0.444. The number of methoxy groups -OCH3 is 2. The minimum atomic E-state index is -0.495. The van der Waals surface area contributed by atoms with Gasteiger partial charge in [-0.25, -0.2) is 0 Å². The molecule has 3 N–H and O–H groups in total. The van der Waals surface area contributed by atoms with Gasteiger partial charge in [-0.15, -0.1) is 0 Å². The van der Waals surface area contributed by atoms with Crippen LogP contribution in [0.1, 0.15) is 43.6 Å². The van der Waals surface area contributed by atoms with Gasteiger partial charge >= 0.3 is 5.97 Å². The minimum absolute atomic E-state index is 0.0434. The van der Waals surface area contributed by atoms with Gasteiger partial charge in [-0.2, -0.15) is 0 Å². The fourth-order valence-corrected chi connectivity index (χ4v) is 7.78. The summed E-state index contributed by atoms with van der Waals surface area (Å²) in [5.41, 5.74) is 2.49. The summed E-state index contributed by atoms with van der Waals surface area (Å²) in [5, 5.41) is 17.3. The van der Waals surface area contributed by atoms with Gasteiger partial charge in [0, 0.05) is 61.0 Å². The SMILES string of the molecule is COc1cc(C2C3C=C4OCOC4=CC3[C@@H](NC3=CC=C(NC(=O)CCN4C(=O)CCC4=O)CC3)[C@H]3COC(=O)[C@H]23)cc(OC)c1O. The Balaban J connectivity index is 1.13. The van der Waals surface area contributed by atoms with E-state index in [0.29, 0.717) is 24.4 Å². The van der Waals surface area contributed by atoms with Gasteiger partial charge in [0.25, 0.3) is 0 Å². The number of likely N-dealkylation sites (tertiary alicyclic amines) is 1. The number of cyclic esters (lactones) is 1. The molecule has 1 aromatic carbocycles. The Morgan fingerprint density at radius 2 is 1.53 bits per heavy atom. The number of ether oxygens (including phenoxy) is 5. The number of nitrogens with zero attached hydrogens (tertiary/aromatic N) is 1. The molecule has 3 saturated heterocycles. The quantitative estimate of drug-likeness (QED) is 0.267. The van der Waals surface area contributed by atoms with Gasteiger partial charge in [0.1, 0.15) is 0 Å². The molecule has 13 heteroatoms. The zero-order chi connectivity index (χ0) is 32.8. The maximum atomic E-state index is 13.5. The maximum absolute atomic E-state index is 13.5. The van der Waals surface area contributed by atoms with Crippen LogP contribution in [0.5, 0.6) is 17.2 Å². The zero-order valence-corrected chi connectivity index (χ0v) is 26.2. The zero-order valence-electron chi connectivity index (χ0n) is 26.2. The van der Waals surface area contributed by atoms with E-state index in [0.717, 1.165) is 21.9 Å². The van der Waals surface area contributed by atoms with Crippen molar-refractivity contribution in [3.05, 3.63) is 64.9 Å². The molecule has 0 aromatic heterocycles. The van der Waals surface area contributed by atoms with Crippen LogP contribution in [0.2, 0.25) is 0 Å². The first-order valence-electron chi connectivity index (χ1n) is 15.9. The summed E-state index contributed by atoms with van der Waals surface area (Å²) in [7, 11) is 2.94. The van der Waals surface area contributed by atoms with Crippen LogP contribution in [0.15, 0.2) is 59.3 Å². The molecule has 1 aromatic rings. The summed E-state index contributed by atoms with van der Waals surface area (Å²) in [6.07, 6.45) is 9.55. The second-order valence-corrected chi connectivity index (χ2v) is 12.5. The number of esters is 1. The van der Waals surface area contributed by atoms with E-state index in [4.69, 9.17) is 23.7 Å². The van der Waals surface area contributed by atoms with Crippen molar-refractivity contribution in [2.45, 2.75) is 44.1 Å². The number of hydrogen-bond donors (Lipinski definition) is 3. The monoisotopic (exact) mass is 647 g/mol. The van der Waals surface area contributed by atoms with E-state index >= 15 is 0 Å². The number of hydrogen-bond acceptors (Lipinski definition) is 11. The molecule has 7 rings (SSSR count). The fourth-order valence-electron chi connectivity index (χ4n) is 7.78. The van der Waals surface area contributed by atoms with Crippen LogP contribution in [0, 0.1) is 23.7 Å². The van der Waals surface area contributed by atoms with Crippen LogP contribution >= 0.6 is 0 Å². The molecule has 13 nitrogen and oxygen atoms in total. The molecule has 3 aliphatic carbocycles. The number of aromatic hydroxyl groups is 1. The number of carbonyl (C=O) groups is 4. The van der Waals surface area contributed by atoms with E-state index in [1.165, 1.54) is 14.2 Å². The van der Waals surface area contributed by atoms with Crippen LogP contribution in [-0.2, 0) is 33.4 Å². The number of carbonyl (C=O) groups excluding carboxylic acids is 4. The number of phenols is 1. The predicted octanol–water partition coefficient (Wildman–Crippen LogP) is 2.49.